The van der Waals surface area contributed by atoms with E-state index in [1.165, 1.54) is 7.11 Å². The second-order valence-corrected chi connectivity index (χ2v) is 3.66. The number of nitriles is 1. The molecule has 4 heteroatoms. The zero-order valence-electron chi connectivity index (χ0n) is 10.4. The summed E-state index contributed by atoms with van der Waals surface area (Å²) in [7, 11) is 2.84. The summed E-state index contributed by atoms with van der Waals surface area (Å²) in [4.78, 5) is 11.5. The lowest BCUT2D eigenvalue weighted by molar-refractivity contribution is -0.143. The minimum absolute atomic E-state index is 0.395. The maximum atomic E-state index is 11.5. The number of esters is 1. The predicted octanol–water partition coefficient (Wildman–Crippen LogP) is 2.28. The standard InChI is InChI=1S/C14H15NO3/c1-4-12(13(9-15)14(16)18-3)10-5-7-11(17-2)8-6-10/h4-8,12-13H,1H2,2-3H3. The average Bonchev–Trinajstić information content (AvgIpc) is 2.44. The second kappa shape index (κ2) is 6.45. The minimum Gasteiger partial charge on any atom is -0.497 e. The lowest BCUT2D eigenvalue weighted by atomic mass is 9.87. The largest absolute Gasteiger partial charge is 0.497 e. The predicted molar refractivity (Wildman–Crippen MR) is 67.1 cm³/mol. The van der Waals surface area contributed by atoms with Crippen LogP contribution in [-0.2, 0) is 9.53 Å². The van der Waals surface area contributed by atoms with Gasteiger partial charge >= 0.3 is 5.97 Å². The number of methoxy groups -OCH3 is 2. The number of allylic oxidation sites excluding steroid dienone is 1. The van der Waals surface area contributed by atoms with Gasteiger partial charge in [-0.2, -0.15) is 5.26 Å². The second-order valence-electron chi connectivity index (χ2n) is 3.66. The van der Waals surface area contributed by atoms with Crippen LogP contribution in [0.4, 0.5) is 0 Å². The van der Waals surface area contributed by atoms with Crippen molar-refractivity contribution in [3.8, 4) is 11.8 Å². The molecule has 0 aliphatic heterocycles. The quantitative estimate of drug-likeness (QED) is 0.590. The van der Waals surface area contributed by atoms with Gasteiger partial charge in [0.2, 0.25) is 0 Å². The molecule has 2 unspecified atom stereocenters. The molecule has 0 aliphatic carbocycles. The molecule has 0 spiro atoms. The third kappa shape index (κ3) is 2.89. The van der Waals surface area contributed by atoms with Crippen molar-refractivity contribution in [2.75, 3.05) is 14.2 Å². The van der Waals surface area contributed by atoms with Gasteiger partial charge in [0.15, 0.2) is 5.92 Å². The van der Waals surface area contributed by atoms with Crippen LogP contribution in [-0.4, -0.2) is 20.2 Å². The van der Waals surface area contributed by atoms with Crippen LogP contribution in [0.1, 0.15) is 11.5 Å². The topological polar surface area (TPSA) is 59.3 Å². The van der Waals surface area contributed by atoms with Gasteiger partial charge in [0.1, 0.15) is 5.75 Å². The van der Waals surface area contributed by atoms with E-state index in [9.17, 15) is 4.79 Å². The fraction of sp³-hybridized carbons (Fsp3) is 0.286. The Balaban J connectivity index is 3.04. The Morgan fingerprint density at radius 3 is 2.39 bits per heavy atom. The molecule has 0 aliphatic rings. The molecular weight excluding hydrogens is 230 g/mol. The Morgan fingerprint density at radius 1 is 1.39 bits per heavy atom. The number of nitrogens with zero attached hydrogens (tertiary/aromatic N) is 1. The van der Waals surface area contributed by atoms with Crippen molar-refractivity contribution >= 4 is 5.97 Å². The summed E-state index contributed by atoms with van der Waals surface area (Å²) in [5.74, 6) is -1.12. The zero-order chi connectivity index (χ0) is 13.5. The maximum absolute atomic E-state index is 11.5. The summed E-state index contributed by atoms with van der Waals surface area (Å²) in [5, 5.41) is 9.07. The molecule has 0 fully saturated rings. The van der Waals surface area contributed by atoms with Gasteiger partial charge in [-0.1, -0.05) is 18.2 Å². The van der Waals surface area contributed by atoms with E-state index in [2.05, 4.69) is 11.3 Å². The molecule has 0 heterocycles. The average molecular weight is 245 g/mol. The Kier molecular flexibility index (Phi) is 4.94. The SMILES string of the molecule is C=CC(c1ccc(OC)cc1)C(C#N)C(=O)OC. The first kappa shape index (κ1) is 13.8. The fourth-order valence-corrected chi connectivity index (χ4v) is 1.70. The highest BCUT2D eigenvalue weighted by atomic mass is 16.5. The Bertz CT molecular complexity index is 459. The van der Waals surface area contributed by atoms with E-state index in [4.69, 9.17) is 10.00 Å². The van der Waals surface area contributed by atoms with E-state index in [0.29, 0.717) is 5.75 Å². The summed E-state index contributed by atoms with van der Waals surface area (Å²) in [5.41, 5.74) is 0.822. The monoisotopic (exact) mass is 245 g/mol. The van der Waals surface area contributed by atoms with E-state index in [1.807, 2.05) is 6.07 Å². The third-order valence-corrected chi connectivity index (χ3v) is 2.71. The van der Waals surface area contributed by atoms with Crippen LogP contribution in [0.3, 0.4) is 0 Å². The van der Waals surface area contributed by atoms with E-state index in [1.54, 1.807) is 37.5 Å². The highest BCUT2D eigenvalue weighted by Gasteiger charge is 2.28. The van der Waals surface area contributed by atoms with Crippen molar-refractivity contribution in [3.63, 3.8) is 0 Å². The minimum atomic E-state index is -0.888. The van der Waals surface area contributed by atoms with Crippen molar-refractivity contribution in [1.29, 1.82) is 5.26 Å². The number of hydrogen-bond donors (Lipinski definition) is 0. The molecular formula is C14H15NO3. The van der Waals surface area contributed by atoms with Gasteiger partial charge < -0.3 is 9.47 Å². The van der Waals surface area contributed by atoms with Gasteiger partial charge in [-0.3, -0.25) is 4.79 Å². The van der Waals surface area contributed by atoms with E-state index in [-0.39, 0.29) is 0 Å². The fourth-order valence-electron chi connectivity index (χ4n) is 1.70. The molecule has 1 rings (SSSR count). The van der Waals surface area contributed by atoms with Gasteiger partial charge in [-0.25, -0.2) is 0 Å². The number of benzene rings is 1. The zero-order valence-corrected chi connectivity index (χ0v) is 10.4. The van der Waals surface area contributed by atoms with Gasteiger partial charge in [-0.05, 0) is 17.7 Å². The molecule has 0 amide bonds. The van der Waals surface area contributed by atoms with Gasteiger partial charge in [-0.15, -0.1) is 6.58 Å². The first-order chi connectivity index (χ1) is 8.67. The Morgan fingerprint density at radius 2 is 2.00 bits per heavy atom. The molecule has 2 atom stereocenters. The molecule has 4 nitrogen and oxygen atoms in total. The molecule has 0 N–H and O–H groups in total. The van der Waals surface area contributed by atoms with Gasteiger partial charge in [0.05, 0.1) is 20.3 Å². The van der Waals surface area contributed by atoms with Crippen LogP contribution in [0.2, 0.25) is 0 Å². The summed E-state index contributed by atoms with van der Waals surface area (Å²) >= 11 is 0. The molecule has 1 aromatic rings. The van der Waals surface area contributed by atoms with E-state index in [0.717, 1.165) is 5.56 Å². The van der Waals surface area contributed by atoms with Gasteiger partial charge in [0.25, 0.3) is 0 Å². The first-order valence-electron chi connectivity index (χ1n) is 5.41. The smallest absolute Gasteiger partial charge is 0.324 e. The van der Waals surface area contributed by atoms with Crippen molar-refractivity contribution in [2.24, 2.45) is 5.92 Å². The summed E-state index contributed by atoms with van der Waals surface area (Å²) in [6.07, 6.45) is 1.58. The van der Waals surface area contributed by atoms with Crippen molar-refractivity contribution in [3.05, 3.63) is 42.5 Å². The highest BCUT2D eigenvalue weighted by Crippen LogP contribution is 2.28. The number of hydrogen-bond acceptors (Lipinski definition) is 4. The van der Waals surface area contributed by atoms with E-state index < -0.39 is 17.8 Å². The normalized spacial score (nSPS) is 12.9. The number of ether oxygens (including phenoxy) is 2. The lowest BCUT2D eigenvalue weighted by Gasteiger charge is -2.17. The van der Waals surface area contributed by atoms with Crippen LogP contribution in [0, 0.1) is 17.2 Å². The van der Waals surface area contributed by atoms with Crippen LogP contribution >= 0.6 is 0 Å². The molecule has 0 saturated carbocycles. The van der Waals surface area contributed by atoms with Crippen molar-refractivity contribution < 1.29 is 14.3 Å². The van der Waals surface area contributed by atoms with Crippen LogP contribution in [0.25, 0.3) is 0 Å². The molecule has 0 radical (unpaired) electrons. The molecule has 0 bridgehead atoms. The first-order valence-corrected chi connectivity index (χ1v) is 5.41. The summed E-state index contributed by atoms with van der Waals surface area (Å²) in [6, 6.07) is 9.11. The lowest BCUT2D eigenvalue weighted by Crippen LogP contribution is -2.21. The van der Waals surface area contributed by atoms with Crippen LogP contribution < -0.4 is 4.74 Å². The highest BCUT2D eigenvalue weighted by molar-refractivity contribution is 5.77. The maximum Gasteiger partial charge on any atom is 0.324 e. The van der Waals surface area contributed by atoms with Crippen LogP contribution in [0.15, 0.2) is 36.9 Å². The molecule has 0 aromatic heterocycles. The third-order valence-electron chi connectivity index (χ3n) is 2.71. The summed E-state index contributed by atoms with van der Waals surface area (Å²) in [6.45, 7) is 3.68. The number of carbonyl (C=O) groups is 1. The Hall–Kier alpha value is -2.28. The number of rotatable bonds is 5. The number of carbonyl (C=O) groups excluding carboxylic acids is 1. The molecule has 18 heavy (non-hydrogen) atoms. The summed E-state index contributed by atoms with van der Waals surface area (Å²) < 4.78 is 9.67. The van der Waals surface area contributed by atoms with Gasteiger partial charge in [0, 0.05) is 5.92 Å². The van der Waals surface area contributed by atoms with E-state index >= 15 is 0 Å². The molecule has 0 saturated heterocycles. The van der Waals surface area contributed by atoms with Crippen molar-refractivity contribution in [1.82, 2.24) is 0 Å². The van der Waals surface area contributed by atoms with Crippen molar-refractivity contribution in [2.45, 2.75) is 5.92 Å². The molecule has 94 valence electrons. The molecule has 1 aromatic carbocycles. The Labute approximate surface area is 106 Å². The van der Waals surface area contributed by atoms with Crippen LogP contribution in [0.5, 0.6) is 5.75 Å².